The number of nitrogens with zero attached hydrogens (tertiary/aromatic N) is 3. The van der Waals surface area contributed by atoms with E-state index in [1.807, 2.05) is 30.3 Å². The van der Waals surface area contributed by atoms with Crippen LogP contribution in [-0.2, 0) is 28.3 Å². The number of fused-ring (bicyclic) bond motifs is 1. The van der Waals surface area contributed by atoms with E-state index in [1.54, 1.807) is 67.6 Å². The predicted molar refractivity (Wildman–Crippen MR) is 187 cm³/mol. The van der Waals surface area contributed by atoms with Gasteiger partial charge in [-0.3, -0.25) is 24.5 Å². The fourth-order valence-electron chi connectivity index (χ4n) is 5.94. The summed E-state index contributed by atoms with van der Waals surface area (Å²) in [7, 11) is 1.54. The summed E-state index contributed by atoms with van der Waals surface area (Å²) in [5, 5.41) is 36.1. The second kappa shape index (κ2) is 15.6. The van der Waals surface area contributed by atoms with Gasteiger partial charge in [0.1, 0.15) is 5.75 Å². The lowest BCUT2D eigenvalue weighted by atomic mass is 9.82. The Morgan fingerprint density at radius 2 is 1.74 bits per heavy atom. The number of non-ortho nitro benzene ring substituents is 1. The molecule has 0 unspecified atom stereocenters. The summed E-state index contributed by atoms with van der Waals surface area (Å²) in [4.78, 5) is 54.0. The molecular formula is C38H38N4O8. The van der Waals surface area contributed by atoms with Gasteiger partial charge in [-0.2, -0.15) is 0 Å². The quantitative estimate of drug-likeness (QED) is 0.0932. The van der Waals surface area contributed by atoms with E-state index in [9.17, 15) is 34.7 Å². The molecule has 3 N–H and O–H groups in total. The van der Waals surface area contributed by atoms with E-state index >= 15 is 0 Å². The molecule has 0 aliphatic carbocycles. The lowest BCUT2D eigenvalue weighted by Gasteiger charge is -2.28. The molecule has 12 heteroatoms. The van der Waals surface area contributed by atoms with Crippen molar-refractivity contribution in [2.75, 3.05) is 30.5 Å². The van der Waals surface area contributed by atoms with Crippen molar-refractivity contribution in [1.29, 1.82) is 0 Å². The van der Waals surface area contributed by atoms with Crippen molar-refractivity contribution in [2.45, 2.75) is 32.0 Å². The minimum atomic E-state index is -2.17. The molecule has 4 aromatic rings. The Morgan fingerprint density at radius 3 is 2.42 bits per heavy atom. The van der Waals surface area contributed by atoms with Gasteiger partial charge in [0.05, 0.1) is 30.9 Å². The van der Waals surface area contributed by atoms with Gasteiger partial charge >= 0.3 is 0 Å². The summed E-state index contributed by atoms with van der Waals surface area (Å²) in [6.45, 7) is 1.84. The first kappa shape index (κ1) is 35.5. The van der Waals surface area contributed by atoms with Crippen LogP contribution in [-0.4, -0.2) is 58.0 Å². The molecule has 0 saturated carbocycles. The Hall–Kier alpha value is -5.85. The van der Waals surface area contributed by atoms with Crippen LogP contribution in [0.2, 0.25) is 0 Å². The summed E-state index contributed by atoms with van der Waals surface area (Å²) in [5.41, 5.74) is 0.378. The van der Waals surface area contributed by atoms with Gasteiger partial charge in [0.15, 0.2) is 5.60 Å². The molecule has 3 amide bonds. The third-order valence-electron chi connectivity index (χ3n) is 8.66. The number of aliphatic hydroxyl groups is 2. The third kappa shape index (κ3) is 7.72. The Kier molecular flexibility index (Phi) is 11.0. The smallest absolute Gasteiger partial charge is 0.269 e. The molecule has 1 aliphatic heterocycles. The van der Waals surface area contributed by atoms with Crippen LogP contribution in [0.1, 0.15) is 40.4 Å². The number of carbonyl (C=O) groups excluding carboxylic acids is 3. The normalized spacial score (nSPS) is 15.8. The molecular weight excluding hydrogens is 640 g/mol. The molecule has 50 heavy (non-hydrogen) atoms. The maximum atomic E-state index is 14.1. The highest BCUT2D eigenvalue weighted by Gasteiger charge is 2.53. The molecule has 1 aliphatic rings. The monoisotopic (exact) mass is 678 g/mol. The van der Waals surface area contributed by atoms with E-state index in [0.29, 0.717) is 34.8 Å². The number of aliphatic hydroxyl groups excluding tert-OH is 1. The predicted octanol–water partition coefficient (Wildman–Crippen LogP) is 5.19. The van der Waals surface area contributed by atoms with E-state index in [4.69, 9.17) is 4.74 Å². The Morgan fingerprint density at radius 1 is 1.02 bits per heavy atom. The van der Waals surface area contributed by atoms with Crippen LogP contribution in [0.3, 0.4) is 0 Å². The fourth-order valence-corrected chi connectivity index (χ4v) is 5.94. The number of anilines is 2. The molecule has 4 aromatic carbocycles. The average molecular weight is 679 g/mol. The number of nitro benzene ring substituents is 1. The van der Waals surface area contributed by atoms with E-state index in [-0.39, 0.29) is 49.2 Å². The Bertz CT molecular complexity index is 1900. The van der Waals surface area contributed by atoms with Gasteiger partial charge in [-0.25, -0.2) is 0 Å². The van der Waals surface area contributed by atoms with Crippen molar-refractivity contribution in [2.24, 2.45) is 5.92 Å². The Labute approximate surface area is 289 Å². The van der Waals surface area contributed by atoms with Crippen LogP contribution in [0.4, 0.5) is 17.1 Å². The topological polar surface area (TPSA) is 163 Å². The van der Waals surface area contributed by atoms with Gasteiger partial charge in [-0.1, -0.05) is 61.5 Å². The molecule has 0 aromatic heterocycles. The second-order valence-corrected chi connectivity index (χ2v) is 11.9. The maximum absolute atomic E-state index is 14.1. The summed E-state index contributed by atoms with van der Waals surface area (Å²) in [5.74, 6) is -1.55. The lowest BCUT2D eigenvalue weighted by Crippen LogP contribution is -2.44. The van der Waals surface area contributed by atoms with Gasteiger partial charge in [0.2, 0.25) is 5.91 Å². The van der Waals surface area contributed by atoms with Crippen molar-refractivity contribution < 1.29 is 34.3 Å². The van der Waals surface area contributed by atoms with Crippen LogP contribution in [0.15, 0.2) is 109 Å². The minimum Gasteiger partial charge on any atom is -0.497 e. The number of nitrogens with one attached hydrogen (secondary N) is 1. The summed E-state index contributed by atoms with van der Waals surface area (Å²) in [6, 6.07) is 26.8. The van der Waals surface area contributed by atoms with Crippen molar-refractivity contribution in [3.8, 4) is 5.75 Å². The highest BCUT2D eigenvalue weighted by molar-refractivity contribution is 6.07. The molecule has 0 bridgehead atoms. The lowest BCUT2D eigenvalue weighted by molar-refractivity contribution is -0.385. The zero-order chi connectivity index (χ0) is 35.8. The van der Waals surface area contributed by atoms with E-state index in [2.05, 4.69) is 5.32 Å². The van der Waals surface area contributed by atoms with E-state index in [0.717, 1.165) is 5.56 Å². The average Bonchev–Trinajstić information content (AvgIpc) is 3.33. The molecule has 2 atom stereocenters. The summed E-state index contributed by atoms with van der Waals surface area (Å²) < 4.78 is 5.15. The zero-order valence-electron chi connectivity index (χ0n) is 27.7. The molecule has 0 saturated heterocycles. The van der Waals surface area contributed by atoms with E-state index < -0.39 is 22.3 Å². The van der Waals surface area contributed by atoms with E-state index in [1.165, 1.54) is 35.1 Å². The van der Waals surface area contributed by atoms with Crippen LogP contribution >= 0.6 is 0 Å². The van der Waals surface area contributed by atoms with Gasteiger partial charge in [-0.15, -0.1) is 0 Å². The number of methoxy groups -OCH3 is 1. The van der Waals surface area contributed by atoms with Crippen LogP contribution in [0.25, 0.3) is 0 Å². The molecule has 0 radical (unpaired) electrons. The first-order valence-electron chi connectivity index (χ1n) is 16.0. The molecule has 12 nitrogen and oxygen atoms in total. The van der Waals surface area contributed by atoms with Crippen LogP contribution in [0.5, 0.6) is 5.75 Å². The van der Waals surface area contributed by atoms with Gasteiger partial charge < -0.3 is 30.1 Å². The van der Waals surface area contributed by atoms with Crippen LogP contribution in [0, 0.1) is 16.0 Å². The highest BCUT2D eigenvalue weighted by atomic mass is 16.6. The number of ether oxygens (including phenoxy) is 1. The summed E-state index contributed by atoms with van der Waals surface area (Å²) in [6.07, 6.45) is 3.06. The van der Waals surface area contributed by atoms with Crippen molar-refractivity contribution >= 4 is 34.8 Å². The minimum absolute atomic E-state index is 0.00270. The molecule has 258 valence electrons. The molecule has 0 fully saturated rings. The number of rotatable bonds is 14. The highest BCUT2D eigenvalue weighted by Crippen LogP contribution is 2.47. The molecule has 0 spiro atoms. The van der Waals surface area contributed by atoms with Crippen molar-refractivity contribution in [3.63, 3.8) is 0 Å². The Balaban J connectivity index is 1.35. The number of amides is 3. The van der Waals surface area contributed by atoms with Crippen molar-refractivity contribution in [3.05, 3.63) is 142 Å². The number of hydrogen-bond acceptors (Lipinski definition) is 8. The van der Waals surface area contributed by atoms with Gasteiger partial charge in [-0.05, 0) is 53.6 Å². The number of carbonyl (C=O) groups is 3. The largest absolute Gasteiger partial charge is 0.497 e. The third-order valence-corrected chi connectivity index (χ3v) is 8.66. The second-order valence-electron chi connectivity index (χ2n) is 11.9. The standard InChI is InChI=1S/C38H38N4O8/c1-26(8-6-13-35(44)40(20-21-43)24-27-9-4-3-5-10-27)38(47)33-23-31(42(48)49)16-19-34(33)41(37(38)46)25-28-11-7-12-30(22-28)39-36(45)29-14-17-32(50-2)18-15-29/h3-12,14-19,22-23,26,43,47H,13,20-21,24-25H2,1-2H3,(H,39,45)/b8-6+/t26-,38+/m1/s1. The number of benzene rings is 4. The number of hydrogen-bond donors (Lipinski definition) is 3. The fraction of sp³-hybridized carbons (Fsp3) is 0.237. The maximum Gasteiger partial charge on any atom is 0.269 e. The molecule has 5 rings (SSSR count). The van der Waals surface area contributed by atoms with Gasteiger partial charge in [0, 0.05) is 54.4 Å². The SMILES string of the molecule is COc1ccc(C(=O)Nc2cccc(CN3C(=O)[C@](O)([C@H](C)/C=C/CC(=O)N(CCO)Cc4ccccc4)c4cc([N+](=O)[O-])ccc43)c2)cc1. The zero-order valence-corrected chi connectivity index (χ0v) is 27.7. The first-order valence-corrected chi connectivity index (χ1v) is 16.0. The molecule has 1 heterocycles. The van der Waals surface area contributed by atoms with Gasteiger partial charge in [0.25, 0.3) is 17.5 Å². The first-order chi connectivity index (χ1) is 24.0. The van der Waals surface area contributed by atoms with Crippen LogP contribution < -0.4 is 15.0 Å². The summed E-state index contributed by atoms with van der Waals surface area (Å²) >= 11 is 0. The number of nitro groups is 1. The van der Waals surface area contributed by atoms with Crippen molar-refractivity contribution in [1.82, 2.24) is 4.90 Å².